The topological polar surface area (TPSA) is 57.2 Å². The van der Waals surface area contributed by atoms with Gasteiger partial charge in [-0.15, -0.1) is 11.3 Å². The summed E-state index contributed by atoms with van der Waals surface area (Å²) in [6.45, 7) is 0. The molecule has 4 rings (SSSR count). The zero-order valence-corrected chi connectivity index (χ0v) is 19.1. The van der Waals surface area contributed by atoms with Gasteiger partial charge in [0.1, 0.15) is 29.3 Å². The Morgan fingerprint density at radius 2 is 1.07 bits per heavy atom. The summed E-state index contributed by atoms with van der Waals surface area (Å²) in [5.41, 5.74) is 0. The molecule has 6 heteroatoms. The number of rotatable bonds is 5. The van der Waals surface area contributed by atoms with Crippen LogP contribution >= 0.6 is 18.6 Å². The van der Waals surface area contributed by atoms with Gasteiger partial charge in [0.25, 0.3) is 0 Å². The molecule has 0 saturated heterocycles. The molecule has 3 aromatic carbocycles. The quantitative estimate of drug-likeness (QED) is 0.332. The predicted molar refractivity (Wildman–Crippen MR) is 129 cm³/mol. The van der Waals surface area contributed by atoms with Gasteiger partial charge in [-0.1, -0.05) is 60.7 Å². The van der Waals surface area contributed by atoms with Crippen LogP contribution in [0.25, 0.3) is 0 Å². The second-order valence-electron chi connectivity index (χ2n) is 6.76. The predicted octanol–water partition coefficient (Wildman–Crippen LogP) is 4.40. The molecule has 0 unspecified atom stereocenters. The van der Waals surface area contributed by atoms with Crippen molar-refractivity contribution in [3.05, 3.63) is 113 Å². The van der Waals surface area contributed by atoms with Gasteiger partial charge in [-0.3, -0.25) is 0 Å². The van der Waals surface area contributed by atoms with Gasteiger partial charge in [-0.05, 0) is 47.8 Å². The van der Waals surface area contributed by atoms with Crippen LogP contribution in [0.2, 0.25) is 0 Å². The van der Waals surface area contributed by atoms with Crippen molar-refractivity contribution in [2.45, 2.75) is 6.16 Å². The molecule has 0 bridgehead atoms. The monoisotopic (exact) mass is 454 g/mol. The molecule has 0 spiro atoms. The number of hydrogen-bond donors (Lipinski definition) is 0. The Balaban J connectivity index is 0.000000461. The number of thiophene rings is 1. The van der Waals surface area contributed by atoms with Crippen LogP contribution in [-0.4, -0.2) is 19.2 Å². The van der Waals surface area contributed by atoms with Crippen LogP contribution in [0.15, 0.2) is 109 Å². The highest BCUT2D eigenvalue weighted by Crippen LogP contribution is 2.58. The Kier molecular flexibility index (Phi) is 7.57. The highest BCUT2D eigenvalue weighted by Gasteiger charge is 2.45. The number of benzene rings is 3. The average molecular weight is 455 g/mol. The van der Waals surface area contributed by atoms with Crippen LogP contribution in [0.3, 0.4) is 0 Å². The van der Waals surface area contributed by atoms with Crippen molar-refractivity contribution in [1.82, 2.24) is 0 Å². The Bertz CT molecular complexity index is 1020. The zero-order valence-electron chi connectivity index (χ0n) is 16.6. The lowest BCUT2D eigenvalue weighted by Crippen LogP contribution is -2.32. The fourth-order valence-corrected chi connectivity index (χ4v) is 8.83. The van der Waals surface area contributed by atoms with Gasteiger partial charge >= 0.3 is 0 Å². The molecule has 0 saturated carbocycles. The third-order valence-corrected chi connectivity index (χ3v) is 10.0. The molecule has 0 aliphatic rings. The SMILES string of the molecule is CS(=O)(=O)[O-].c1ccc([P+](Cc2cccs2)(c2ccccc2)c2ccccc2)cc1. The minimum absolute atomic E-state index is 0.604. The van der Waals surface area contributed by atoms with E-state index in [1.54, 1.807) is 0 Å². The normalized spacial score (nSPS) is 11.4. The van der Waals surface area contributed by atoms with Gasteiger partial charge in [0.05, 0.1) is 10.1 Å². The van der Waals surface area contributed by atoms with Gasteiger partial charge in [0, 0.05) is 11.1 Å². The van der Waals surface area contributed by atoms with E-state index in [1.807, 2.05) is 11.3 Å². The van der Waals surface area contributed by atoms with Crippen molar-refractivity contribution in [1.29, 1.82) is 0 Å². The highest BCUT2D eigenvalue weighted by atomic mass is 32.2. The van der Waals surface area contributed by atoms with E-state index >= 15 is 0 Å². The maximum atomic E-state index is 9.08. The zero-order chi connectivity index (χ0) is 21.5. The van der Waals surface area contributed by atoms with E-state index in [0.29, 0.717) is 6.26 Å². The summed E-state index contributed by atoms with van der Waals surface area (Å²) in [4.78, 5) is 1.45. The van der Waals surface area contributed by atoms with E-state index in [0.717, 1.165) is 6.16 Å². The maximum Gasteiger partial charge on any atom is 0.117 e. The summed E-state index contributed by atoms with van der Waals surface area (Å²) in [5, 5.41) is 6.52. The summed E-state index contributed by atoms with van der Waals surface area (Å²) in [7, 11) is -5.65. The molecule has 0 amide bonds. The lowest BCUT2D eigenvalue weighted by Gasteiger charge is -2.27. The van der Waals surface area contributed by atoms with Crippen LogP contribution < -0.4 is 15.9 Å². The molecule has 4 aromatic rings. The summed E-state index contributed by atoms with van der Waals surface area (Å²) in [6, 6.07) is 37.6. The summed E-state index contributed by atoms with van der Waals surface area (Å²) in [5.74, 6) is 0. The van der Waals surface area contributed by atoms with Crippen molar-refractivity contribution in [2.24, 2.45) is 0 Å². The highest BCUT2D eigenvalue weighted by molar-refractivity contribution is 7.95. The first kappa shape index (κ1) is 22.4. The van der Waals surface area contributed by atoms with Crippen molar-refractivity contribution >= 4 is 44.6 Å². The van der Waals surface area contributed by atoms with Gasteiger partial charge in [-0.25, -0.2) is 8.42 Å². The molecule has 0 fully saturated rings. The van der Waals surface area contributed by atoms with E-state index < -0.39 is 17.4 Å². The van der Waals surface area contributed by atoms with E-state index in [-0.39, 0.29) is 0 Å². The van der Waals surface area contributed by atoms with Crippen LogP contribution in [0.1, 0.15) is 4.88 Å². The van der Waals surface area contributed by atoms with Crippen molar-refractivity contribution < 1.29 is 13.0 Å². The standard InChI is InChI=1S/C23H20PS.CH4O3S/c1-4-11-20(12-5-1)24(19-23-17-10-18-25-23,21-13-6-2-7-14-21)22-15-8-3-9-16-22;1-5(2,3)4/h1-18H,19H2;1H3,(H,2,3,4)/q+1;/p-1. The van der Waals surface area contributed by atoms with Gasteiger partial charge in [0.2, 0.25) is 0 Å². The van der Waals surface area contributed by atoms with Gasteiger partial charge < -0.3 is 4.55 Å². The molecule has 30 heavy (non-hydrogen) atoms. The smallest absolute Gasteiger partial charge is 0.117 e. The molecule has 0 N–H and O–H groups in total. The first-order chi connectivity index (χ1) is 14.4. The summed E-state index contributed by atoms with van der Waals surface area (Å²) < 4.78 is 27.2. The van der Waals surface area contributed by atoms with Crippen LogP contribution in [0, 0.1) is 0 Å². The Labute approximate surface area is 183 Å². The molecule has 0 aliphatic heterocycles. The second kappa shape index (κ2) is 10.1. The number of hydrogen-bond acceptors (Lipinski definition) is 4. The van der Waals surface area contributed by atoms with Crippen molar-refractivity contribution in [2.75, 3.05) is 6.26 Å². The molecular weight excluding hydrogens is 431 g/mol. The minimum atomic E-state index is -3.92. The second-order valence-corrected chi connectivity index (χ2v) is 12.7. The first-order valence-corrected chi connectivity index (χ1v) is 14.0. The van der Waals surface area contributed by atoms with E-state index in [9.17, 15) is 0 Å². The van der Waals surface area contributed by atoms with E-state index in [4.69, 9.17) is 13.0 Å². The minimum Gasteiger partial charge on any atom is -0.748 e. The third-order valence-electron chi connectivity index (χ3n) is 4.56. The van der Waals surface area contributed by atoms with Crippen molar-refractivity contribution in [3.63, 3.8) is 0 Å². The molecule has 0 atom stereocenters. The average Bonchev–Trinajstić information content (AvgIpc) is 3.26. The van der Waals surface area contributed by atoms with Gasteiger partial charge in [0.15, 0.2) is 0 Å². The van der Waals surface area contributed by atoms with Crippen LogP contribution in [0.4, 0.5) is 0 Å². The maximum absolute atomic E-state index is 9.08. The van der Waals surface area contributed by atoms with Gasteiger partial charge in [-0.2, -0.15) is 0 Å². The first-order valence-electron chi connectivity index (χ1n) is 9.38. The van der Waals surface area contributed by atoms with Crippen LogP contribution in [-0.2, 0) is 16.3 Å². The summed E-state index contributed by atoms with van der Waals surface area (Å²) >= 11 is 1.86. The molecule has 154 valence electrons. The summed E-state index contributed by atoms with van der Waals surface area (Å²) in [6.07, 6.45) is 1.68. The molecule has 3 nitrogen and oxygen atoms in total. The molecule has 0 radical (unpaired) electrons. The van der Waals surface area contributed by atoms with E-state index in [1.165, 1.54) is 20.8 Å². The Morgan fingerprint density at radius 1 is 0.700 bits per heavy atom. The lowest BCUT2D eigenvalue weighted by molar-refractivity contribution is 0.470. The van der Waals surface area contributed by atoms with Crippen molar-refractivity contribution in [3.8, 4) is 0 Å². The largest absolute Gasteiger partial charge is 0.748 e. The Hall–Kier alpha value is -2.30. The van der Waals surface area contributed by atoms with Crippen LogP contribution in [0.5, 0.6) is 0 Å². The Morgan fingerprint density at radius 3 is 1.37 bits per heavy atom. The molecule has 1 heterocycles. The molecule has 1 aromatic heterocycles. The lowest BCUT2D eigenvalue weighted by atomic mass is 10.4. The fraction of sp³-hybridized carbons (Fsp3) is 0.0833. The third kappa shape index (κ3) is 5.87. The van der Waals surface area contributed by atoms with E-state index in [2.05, 4.69) is 109 Å². The molecule has 0 aliphatic carbocycles. The molecular formula is C24H23O3PS2. The fourth-order valence-electron chi connectivity index (χ4n) is 3.40.